The summed E-state index contributed by atoms with van der Waals surface area (Å²) in [5.74, 6) is 0.000165. The largest absolute Gasteiger partial charge is 0.392 e. The van der Waals surface area contributed by atoms with Crippen LogP contribution in [0.15, 0.2) is 30.5 Å². The number of rotatable bonds is 2. The fourth-order valence-corrected chi connectivity index (χ4v) is 3.30. The van der Waals surface area contributed by atoms with E-state index in [-0.39, 0.29) is 24.7 Å². The third kappa shape index (κ3) is 2.51. The number of aliphatic hydroxyl groups is 1. The second-order valence-electron chi connectivity index (χ2n) is 5.98. The third-order valence-electron chi connectivity index (χ3n) is 4.60. The number of amides is 1. The SMILES string of the molecule is O=C(c1ccc(CO)cc1)N1CC[C@@H]2OCc3cnnn3[C@@H]2C1. The number of aliphatic hydroxyl groups excluding tert-OH is 1. The number of nitrogens with zero attached hydrogens (tertiary/aromatic N) is 4. The van der Waals surface area contributed by atoms with Crippen molar-refractivity contribution >= 4 is 5.91 Å². The Balaban J connectivity index is 1.54. The van der Waals surface area contributed by atoms with Crippen molar-refractivity contribution in [3.63, 3.8) is 0 Å². The average molecular weight is 314 g/mol. The van der Waals surface area contributed by atoms with Gasteiger partial charge in [-0.1, -0.05) is 17.3 Å². The van der Waals surface area contributed by atoms with Crippen molar-refractivity contribution in [2.45, 2.75) is 31.8 Å². The van der Waals surface area contributed by atoms with Crippen LogP contribution < -0.4 is 0 Å². The Morgan fingerprint density at radius 1 is 1.35 bits per heavy atom. The number of ether oxygens (including phenoxy) is 1. The van der Waals surface area contributed by atoms with E-state index in [0.29, 0.717) is 25.3 Å². The van der Waals surface area contributed by atoms with Crippen LogP contribution in [0.3, 0.4) is 0 Å². The Bertz CT molecular complexity index is 712. The molecule has 7 nitrogen and oxygen atoms in total. The third-order valence-corrected chi connectivity index (χ3v) is 4.60. The van der Waals surface area contributed by atoms with Gasteiger partial charge >= 0.3 is 0 Å². The van der Waals surface area contributed by atoms with Gasteiger partial charge in [0.05, 0.1) is 37.3 Å². The number of aromatic nitrogens is 3. The van der Waals surface area contributed by atoms with Gasteiger partial charge in [-0.25, -0.2) is 4.68 Å². The van der Waals surface area contributed by atoms with Crippen molar-refractivity contribution in [2.75, 3.05) is 13.1 Å². The van der Waals surface area contributed by atoms with Gasteiger partial charge < -0.3 is 14.7 Å². The van der Waals surface area contributed by atoms with Gasteiger partial charge in [0.2, 0.25) is 0 Å². The summed E-state index contributed by atoms with van der Waals surface area (Å²) in [7, 11) is 0. The Morgan fingerprint density at radius 3 is 2.96 bits per heavy atom. The number of fused-ring (bicyclic) bond motifs is 3. The lowest BCUT2D eigenvalue weighted by molar-refractivity contribution is -0.0605. The molecule has 120 valence electrons. The predicted molar refractivity (Wildman–Crippen MR) is 80.5 cm³/mol. The molecule has 1 aromatic carbocycles. The van der Waals surface area contributed by atoms with Crippen molar-refractivity contribution in [1.82, 2.24) is 19.9 Å². The van der Waals surface area contributed by atoms with Crippen LogP contribution in [-0.4, -0.2) is 50.1 Å². The van der Waals surface area contributed by atoms with Gasteiger partial charge in [-0.05, 0) is 24.1 Å². The molecule has 4 rings (SSSR count). The van der Waals surface area contributed by atoms with Crippen molar-refractivity contribution in [1.29, 1.82) is 0 Å². The first kappa shape index (κ1) is 14.3. The topological polar surface area (TPSA) is 80.5 Å². The summed E-state index contributed by atoms with van der Waals surface area (Å²) in [6.45, 7) is 1.76. The summed E-state index contributed by atoms with van der Waals surface area (Å²) in [6, 6.07) is 7.10. The van der Waals surface area contributed by atoms with Crippen LogP contribution in [0.4, 0.5) is 0 Å². The Hall–Kier alpha value is -2.25. The summed E-state index contributed by atoms with van der Waals surface area (Å²) in [5.41, 5.74) is 2.39. The Morgan fingerprint density at radius 2 is 2.17 bits per heavy atom. The molecule has 3 heterocycles. The predicted octanol–water partition coefficient (Wildman–Crippen LogP) is 0.756. The van der Waals surface area contributed by atoms with E-state index in [1.165, 1.54) is 0 Å². The van der Waals surface area contributed by atoms with Gasteiger partial charge in [0.15, 0.2) is 0 Å². The molecule has 0 unspecified atom stereocenters. The second-order valence-corrected chi connectivity index (χ2v) is 5.98. The van der Waals surface area contributed by atoms with Crippen LogP contribution in [0.25, 0.3) is 0 Å². The zero-order valence-corrected chi connectivity index (χ0v) is 12.6. The molecular weight excluding hydrogens is 296 g/mol. The van der Waals surface area contributed by atoms with Gasteiger partial charge in [0.1, 0.15) is 0 Å². The van der Waals surface area contributed by atoms with E-state index in [1.807, 2.05) is 9.58 Å². The maximum absolute atomic E-state index is 12.7. The molecule has 0 spiro atoms. The van der Waals surface area contributed by atoms with Gasteiger partial charge in [-0.3, -0.25) is 4.79 Å². The lowest BCUT2D eigenvalue weighted by Crippen LogP contribution is -2.49. The Labute approximate surface area is 133 Å². The minimum absolute atomic E-state index is 0.000165. The first-order valence-electron chi connectivity index (χ1n) is 7.76. The molecule has 7 heteroatoms. The summed E-state index contributed by atoms with van der Waals surface area (Å²) in [5, 5.41) is 17.2. The molecule has 0 aliphatic carbocycles. The Kier molecular flexibility index (Phi) is 3.59. The molecular formula is C16H18N4O3. The van der Waals surface area contributed by atoms with Gasteiger partial charge in [0, 0.05) is 18.7 Å². The molecule has 23 heavy (non-hydrogen) atoms. The highest BCUT2D eigenvalue weighted by Gasteiger charge is 2.37. The lowest BCUT2D eigenvalue weighted by atomic mass is 9.99. The summed E-state index contributed by atoms with van der Waals surface area (Å²) in [6.07, 6.45) is 2.60. The van der Waals surface area contributed by atoms with E-state index in [2.05, 4.69) is 10.3 Å². The minimum Gasteiger partial charge on any atom is -0.392 e. The summed E-state index contributed by atoms with van der Waals surface area (Å²) in [4.78, 5) is 14.5. The van der Waals surface area contributed by atoms with Crippen molar-refractivity contribution < 1.29 is 14.6 Å². The zero-order valence-electron chi connectivity index (χ0n) is 12.6. The number of carbonyl (C=O) groups excluding carboxylic acids is 1. The molecule has 1 N–H and O–H groups in total. The fourth-order valence-electron chi connectivity index (χ4n) is 3.30. The van der Waals surface area contributed by atoms with Crippen molar-refractivity contribution in [3.8, 4) is 0 Å². The van der Waals surface area contributed by atoms with Crippen molar-refractivity contribution in [2.24, 2.45) is 0 Å². The molecule has 2 aliphatic heterocycles. The molecule has 1 amide bonds. The van der Waals surface area contributed by atoms with E-state index >= 15 is 0 Å². The van der Waals surface area contributed by atoms with E-state index in [9.17, 15) is 4.79 Å². The normalized spacial score (nSPS) is 23.3. The smallest absolute Gasteiger partial charge is 0.253 e. The number of likely N-dealkylation sites (tertiary alicyclic amines) is 1. The first-order chi connectivity index (χ1) is 11.3. The lowest BCUT2D eigenvalue weighted by Gasteiger charge is -2.41. The van der Waals surface area contributed by atoms with E-state index in [4.69, 9.17) is 9.84 Å². The monoisotopic (exact) mass is 314 g/mol. The number of carbonyl (C=O) groups is 1. The average Bonchev–Trinajstić information content (AvgIpc) is 3.10. The zero-order chi connectivity index (χ0) is 15.8. The fraction of sp³-hybridized carbons (Fsp3) is 0.438. The highest BCUT2D eigenvalue weighted by atomic mass is 16.5. The van der Waals surface area contributed by atoms with E-state index in [0.717, 1.165) is 17.7 Å². The number of hydrogen-bond donors (Lipinski definition) is 1. The van der Waals surface area contributed by atoms with Gasteiger partial charge in [-0.2, -0.15) is 0 Å². The van der Waals surface area contributed by atoms with Crippen LogP contribution in [0.1, 0.15) is 34.1 Å². The van der Waals surface area contributed by atoms with Crippen LogP contribution >= 0.6 is 0 Å². The van der Waals surface area contributed by atoms with Gasteiger partial charge in [-0.15, -0.1) is 5.10 Å². The maximum Gasteiger partial charge on any atom is 0.253 e. The van der Waals surface area contributed by atoms with Crippen LogP contribution in [0, 0.1) is 0 Å². The van der Waals surface area contributed by atoms with Gasteiger partial charge in [0.25, 0.3) is 5.91 Å². The molecule has 2 atom stereocenters. The number of hydrogen-bond acceptors (Lipinski definition) is 5. The first-order valence-corrected chi connectivity index (χ1v) is 7.76. The molecule has 2 aliphatic rings. The second kappa shape index (κ2) is 5.75. The quantitative estimate of drug-likeness (QED) is 0.885. The number of piperidine rings is 1. The number of benzene rings is 1. The van der Waals surface area contributed by atoms with E-state index < -0.39 is 0 Å². The molecule has 1 aromatic heterocycles. The van der Waals surface area contributed by atoms with Crippen LogP contribution in [0.5, 0.6) is 0 Å². The van der Waals surface area contributed by atoms with Crippen LogP contribution in [-0.2, 0) is 18.0 Å². The molecule has 2 aromatic rings. The molecule has 0 saturated carbocycles. The highest BCUT2D eigenvalue weighted by molar-refractivity contribution is 5.94. The molecule has 0 bridgehead atoms. The maximum atomic E-state index is 12.7. The summed E-state index contributed by atoms with van der Waals surface area (Å²) >= 11 is 0. The van der Waals surface area contributed by atoms with E-state index in [1.54, 1.807) is 30.5 Å². The molecule has 1 fully saturated rings. The minimum atomic E-state index is -0.0195. The van der Waals surface area contributed by atoms with Crippen LogP contribution in [0.2, 0.25) is 0 Å². The summed E-state index contributed by atoms with van der Waals surface area (Å²) < 4.78 is 7.76. The molecule has 1 saturated heterocycles. The molecule has 0 radical (unpaired) electrons. The standard InChI is InChI=1S/C16H18N4O3/c21-9-11-1-3-12(4-2-11)16(22)19-6-5-15-14(8-19)20-13(10-23-15)7-17-18-20/h1-4,7,14-15,21H,5-6,8-10H2/t14-,15+/m1/s1. The highest BCUT2D eigenvalue weighted by Crippen LogP contribution is 2.30. The van der Waals surface area contributed by atoms with Crippen molar-refractivity contribution in [3.05, 3.63) is 47.3 Å².